The van der Waals surface area contributed by atoms with E-state index < -0.39 is 0 Å². The summed E-state index contributed by atoms with van der Waals surface area (Å²) in [6.45, 7) is 9.41. The Balaban J connectivity index is 2.00. The molecule has 5 nitrogen and oxygen atoms in total. The molecule has 1 fully saturated rings. The molecule has 0 aromatic carbocycles. The van der Waals surface area contributed by atoms with Crippen LogP contribution < -0.4 is 5.32 Å². The number of aryl methyl sites for hydroxylation is 1. The lowest BCUT2D eigenvalue weighted by molar-refractivity contribution is 0.116. The Bertz CT molecular complexity index is 393. The zero-order chi connectivity index (χ0) is 14.4. The van der Waals surface area contributed by atoms with Gasteiger partial charge in [-0.3, -0.25) is 4.68 Å². The maximum atomic E-state index is 5.74. The summed E-state index contributed by atoms with van der Waals surface area (Å²) < 4.78 is 7.78. The number of nitrogens with zero attached hydrogens (tertiary/aromatic N) is 3. The third-order valence-electron chi connectivity index (χ3n) is 3.99. The van der Waals surface area contributed by atoms with E-state index in [-0.39, 0.29) is 0 Å². The van der Waals surface area contributed by atoms with Gasteiger partial charge >= 0.3 is 0 Å². The first kappa shape index (κ1) is 15.4. The van der Waals surface area contributed by atoms with Gasteiger partial charge in [-0.1, -0.05) is 13.8 Å². The number of hydrogen-bond acceptors (Lipinski definition) is 4. The van der Waals surface area contributed by atoms with Crippen molar-refractivity contribution in [3.63, 3.8) is 0 Å². The Morgan fingerprint density at radius 1 is 1.45 bits per heavy atom. The van der Waals surface area contributed by atoms with Gasteiger partial charge in [-0.25, -0.2) is 4.98 Å². The van der Waals surface area contributed by atoms with Crippen LogP contribution in [0.2, 0.25) is 0 Å². The summed E-state index contributed by atoms with van der Waals surface area (Å²) in [6.07, 6.45) is 6.40. The lowest BCUT2D eigenvalue weighted by atomic mass is 9.94. The van der Waals surface area contributed by atoms with Gasteiger partial charge in [-0.2, -0.15) is 5.10 Å². The van der Waals surface area contributed by atoms with Crippen LogP contribution in [0.3, 0.4) is 0 Å². The van der Waals surface area contributed by atoms with Gasteiger partial charge < -0.3 is 10.1 Å². The number of hydrogen-bond donors (Lipinski definition) is 1. The highest BCUT2D eigenvalue weighted by molar-refractivity contribution is 4.94. The van der Waals surface area contributed by atoms with Gasteiger partial charge in [0.05, 0.1) is 12.7 Å². The van der Waals surface area contributed by atoms with E-state index in [4.69, 9.17) is 4.74 Å². The van der Waals surface area contributed by atoms with Crippen molar-refractivity contribution in [1.82, 2.24) is 20.1 Å². The van der Waals surface area contributed by atoms with Gasteiger partial charge in [0, 0.05) is 24.9 Å². The molecule has 1 aliphatic rings. The van der Waals surface area contributed by atoms with Crippen molar-refractivity contribution in [3.8, 4) is 0 Å². The molecule has 0 aliphatic carbocycles. The van der Waals surface area contributed by atoms with Gasteiger partial charge in [0.1, 0.15) is 12.2 Å². The quantitative estimate of drug-likeness (QED) is 0.791. The molecule has 20 heavy (non-hydrogen) atoms. The standard InChI is InChI=1S/C15H28N4O/c1-4-6-16-14(13-8-12(3)20-10-13)9-15-17-11-18-19(15)7-5-2/h11-14,16H,4-10H2,1-3H3. The molecule has 0 spiro atoms. The second kappa shape index (κ2) is 7.74. The van der Waals surface area contributed by atoms with Crippen LogP contribution in [0, 0.1) is 5.92 Å². The highest BCUT2D eigenvalue weighted by Gasteiger charge is 2.30. The Kier molecular flexibility index (Phi) is 5.98. The van der Waals surface area contributed by atoms with E-state index in [2.05, 4.69) is 36.2 Å². The zero-order valence-electron chi connectivity index (χ0n) is 13.0. The minimum Gasteiger partial charge on any atom is -0.378 e. The molecule has 0 saturated carbocycles. The molecule has 1 aromatic rings. The van der Waals surface area contributed by atoms with E-state index in [9.17, 15) is 0 Å². The smallest absolute Gasteiger partial charge is 0.138 e. The summed E-state index contributed by atoms with van der Waals surface area (Å²) in [5.41, 5.74) is 0. The number of ether oxygens (including phenoxy) is 1. The predicted octanol–water partition coefficient (Wildman–Crippen LogP) is 2.02. The molecule has 5 heteroatoms. The molecule has 0 bridgehead atoms. The van der Waals surface area contributed by atoms with Crippen molar-refractivity contribution in [2.45, 2.75) is 65.1 Å². The van der Waals surface area contributed by atoms with Gasteiger partial charge in [-0.05, 0) is 32.7 Å². The summed E-state index contributed by atoms with van der Waals surface area (Å²) in [5.74, 6) is 1.68. The van der Waals surface area contributed by atoms with Crippen LogP contribution in [0.1, 0.15) is 45.9 Å². The minimum absolute atomic E-state index is 0.388. The maximum Gasteiger partial charge on any atom is 0.138 e. The summed E-state index contributed by atoms with van der Waals surface area (Å²) in [7, 11) is 0. The molecular weight excluding hydrogens is 252 g/mol. The molecule has 2 rings (SSSR count). The Labute approximate surface area is 122 Å². The van der Waals surface area contributed by atoms with Crippen molar-refractivity contribution < 1.29 is 4.74 Å². The van der Waals surface area contributed by atoms with Crippen LogP contribution >= 0.6 is 0 Å². The third-order valence-corrected chi connectivity index (χ3v) is 3.99. The Morgan fingerprint density at radius 3 is 2.95 bits per heavy atom. The summed E-state index contributed by atoms with van der Waals surface area (Å²) >= 11 is 0. The fraction of sp³-hybridized carbons (Fsp3) is 0.867. The van der Waals surface area contributed by atoms with Crippen LogP contribution in [0.4, 0.5) is 0 Å². The molecule has 2 heterocycles. The first-order valence-corrected chi connectivity index (χ1v) is 7.96. The topological polar surface area (TPSA) is 52.0 Å². The van der Waals surface area contributed by atoms with Crippen LogP contribution in [0.15, 0.2) is 6.33 Å². The van der Waals surface area contributed by atoms with E-state index in [1.807, 2.05) is 4.68 Å². The third kappa shape index (κ3) is 4.03. The fourth-order valence-corrected chi connectivity index (χ4v) is 2.91. The largest absolute Gasteiger partial charge is 0.378 e. The van der Waals surface area contributed by atoms with Gasteiger partial charge in [0.2, 0.25) is 0 Å². The molecular formula is C15H28N4O. The average molecular weight is 280 g/mol. The van der Waals surface area contributed by atoms with Gasteiger partial charge in [0.15, 0.2) is 0 Å². The molecule has 1 N–H and O–H groups in total. The average Bonchev–Trinajstić information content (AvgIpc) is 3.04. The molecule has 3 atom stereocenters. The summed E-state index contributed by atoms with van der Waals surface area (Å²) in [5, 5.41) is 8.01. The van der Waals surface area contributed by atoms with Crippen molar-refractivity contribution in [1.29, 1.82) is 0 Å². The lowest BCUT2D eigenvalue weighted by Gasteiger charge is -2.23. The van der Waals surface area contributed by atoms with E-state index in [1.165, 1.54) is 0 Å². The Hall–Kier alpha value is -0.940. The number of aromatic nitrogens is 3. The normalized spacial score (nSPS) is 24.1. The molecule has 0 amide bonds. The number of nitrogens with one attached hydrogen (secondary N) is 1. The molecule has 3 unspecified atom stereocenters. The minimum atomic E-state index is 0.388. The van der Waals surface area contributed by atoms with E-state index >= 15 is 0 Å². The highest BCUT2D eigenvalue weighted by Crippen LogP contribution is 2.24. The lowest BCUT2D eigenvalue weighted by Crippen LogP contribution is -2.39. The van der Waals surface area contributed by atoms with Crippen LogP contribution in [-0.2, 0) is 17.7 Å². The second-order valence-electron chi connectivity index (χ2n) is 5.80. The van der Waals surface area contributed by atoms with Crippen LogP contribution in [-0.4, -0.2) is 40.1 Å². The highest BCUT2D eigenvalue weighted by atomic mass is 16.5. The summed E-state index contributed by atoms with van der Waals surface area (Å²) in [4.78, 5) is 4.44. The molecule has 0 radical (unpaired) electrons. The van der Waals surface area contributed by atoms with Crippen molar-refractivity contribution >= 4 is 0 Å². The van der Waals surface area contributed by atoms with Gasteiger partial charge in [-0.15, -0.1) is 0 Å². The molecule has 114 valence electrons. The fourth-order valence-electron chi connectivity index (χ4n) is 2.91. The summed E-state index contributed by atoms with van der Waals surface area (Å²) in [6, 6.07) is 0.444. The van der Waals surface area contributed by atoms with Crippen molar-refractivity contribution in [2.24, 2.45) is 5.92 Å². The molecule has 1 aromatic heterocycles. The van der Waals surface area contributed by atoms with E-state index in [0.29, 0.717) is 18.1 Å². The first-order chi connectivity index (χ1) is 9.74. The predicted molar refractivity (Wildman–Crippen MR) is 79.6 cm³/mol. The maximum absolute atomic E-state index is 5.74. The van der Waals surface area contributed by atoms with Gasteiger partial charge in [0.25, 0.3) is 0 Å². The van der Waals surface area contributed by atoms with Crippen LogP contribution in [0.5, 0.6) is 0 Å². The monoisotopic (exact) mass is 280 g/mol. The molecule has 1 saturated heterocycles. The van der Waals surface area contributed by atoms with Crippen LogP contribution in [0.25, 0.3) is 0 Å². The van der Waals surface area contributed by atoms with E-state index in [0.717, 1.165) is 51.2 Å². The first-order valence-electron chi connectivity index (χ1n) is 7.96. The Morgan fingerprint density at radius 2 is 2.30 bits per heavy atom. The SMILES string of the molecule is CCCNC(Cc1ncnn1CCC)C1COC(C)C1. The molecule has 1 aliphatic heterocycles. The second-order valence-corrected chi connectivity index (χ2v) is 5.80. The zero-order valence-corrected chi connectivity index (χ0v) is 13.0. The van der Waals surface area contributed by atoms with Crippen molar-refractivity contribution in [3.05, 3.63) is 12.2 Å². The number of rotatable bonds is 8. The van der Waals surface area contributed by atoms with E-state index in [1.54, 1.807) is 6.33 Å². The van der Waals surface area contributed by atoms with Crippen molar-refractivity contribution in [2.75, 3.05) is 13.2 Å².